The van der Waals surface area contributed by atoms with Gasteiger partial charge < -0.3 is 14.6 Å². The fraction of sp³-hybridized carbons (Fsp3) is 0.556. The molecule has 0 bridgehead atoms. The van der Waals surface area contributed by atoms with E-state index in [0.29, 0.717) is 5.56 Å². The molecule has 0 aliphatic heterocycles. The maximum atomic E-state index is 12.2. The Morgan fingerprint density at radius 3 is 2.27 bits per heavy atom. The number of amides is 1. The van der Waals surface area contributed by atoms with Gasteiger partial charge in [0, 0.05) is 12.6 Å². The highest BCUT2D eigenvalue weighted by molar-refractivity contribution is 5.99. The number of hydrogen-bond acceptors (Lipinski definition) is 6. The molecule has 144 valence electrons. The third-order valence-electron chi connectivity index (χ3n) is 3.64. The molecule has 0 aromatic carbocycles. The summed E-state index contributed by atoms with van der Waals surface area (Å²) >= 11 is 0. The number of pyridine rings is 1. The first kappa shape index (κ1) is 21.4. The second-order valence-electron chi connectivity index (χ2n) is 6.82. The van der Waals surface area contributed by atoms with Gasteiger partial charge in [-0.1, -0.05) is 13.0 Å². The Morgan fingerprint density at radius 1 is 1.19 bits per heavy atom. The normalized spacial score (nSPS) is 13.4. The number of nitrogens with one attached hydrogen (secondary N) is 1. The smallest absolute Gasteiger partial charge is 0.413 e. The molecule has 2 N–H and O–H groups in total. The van der Waals surface area contributed by atoms with E-state index in [2.05, 4.69) is 10.3 Å². The molecule has 1 heterocycles. The van der Waals surface area contributed by atoms with Gasteiger partial charge in [-0.3, -0.25) is 14.9 Å². The molecule has 0 aliphatic carbocycles. The molecule has 0 fully saturated rings. The van der Waals surface area contributed by atoms with E-state index >= 15 is 0 Å². The molecular weight excluding hydrogens is 340 g/mol. The molecule has 0 radical (unpaired) electrons. The Bertz CT molecular complexity index is 651. The maximum Gasteiger partial charge on any atom is 0.413 e. The van der Waals surface area contributed by atoms with Crippen molar-refractivity contribution in [3.63, 3.8) is 0 Å². The summed E-state index contributed by atoms with van der Waals surface area (Å²) in [6.45, 7) is 8.58. The van der Waals surface area contributed by atoms with Gasteiger partial charge in [-0.05, 0) is 45.7 Å². The summed E-state index contributed by atoms with van der Waals surface area (Å²) in [6, 6.07) is 3.12. The van der Waals surface area contributed by atoms with Gasteiger partial charge in [0.15, 0.2) is 5.41 Å². The second kappa shape index (κ2) is 8.64. The van der Waals surface area contributed by atoms with E-state index in [0.717, 1.165) is 0 Å². The number of carboxylic acid groups (broad SMARTS) is 1. The number of ether oxygens (including phenoxy) is 2. The maximum absolute atomic E-state index is 12.2. The highest BCUT2D eigenvalue weighted by Crippen LogP contribution is 2.29. The van der Waals surface area contributed by atoms with E-state index in [9.17, 15) is 19.5 Å². The molecule has 0 saturated heterocycles. The fourth-order valence-corrected chi connectivity index (χ4v) is 2.28. The predicted octanol–water partition coefficient (Wildman–Crippen LogP) is 3.02. The highest BCUT2D eigenvalue weighted by atomic mass is 16.6. The summed E-state index contributed by atoms with van der Waals surface area (Å²) in [5.41, 5.74) is -1.76. The largest absolute Gasteiger partial charge is 0.480 e. The van der Waals surface area contributed by atoms with E-state index in [4.69, 9.17) is 9.47 Å². The molecule has 1 rings (SSSR count). The first-order valence-electron chi connectivity index (χ1n) is 8.39. The van der Waals surface area contributed by atoms with Crippen LogP contribution in [-0.4, -0.2) is 40.3 Å². The number of carboxylic acids is 1. The Balaban J connectivity index is 2.91. The van der Waals surface area contributed by atoms with Crippen molar-refractivity contribution in [2.45, 2.75) is 53.1 Å². The molecule has 26 heavy (non-hydrogen) atoms. The average Bonchev–Trinajstić information content (AvgIpc) is 2.52. The summed E-state index contributed by atoms with van der Waals surface area (Å²) in [6.07, 6.45) is 0.799. The van der Waals surface area contributed by atoms with E-state index < -0.39 is 29.0 Å². The van der Waals surface area contributed by atoms with E-state index in [-0.39, 0.29) is 25.3 Å². The van der Waals surface area contributed by atoms with Crippen LogP contribution in [0.2, 0.25) is 0 Å². The quantitative estimate of drug-likeness (QED) is 0.563. The molecule has 1 unspecified atom stereocenters. The minimum absolute atomic E-state index is 0.0582. The molecule has 8 nitrogen and oxygen atoms in total. The average molecular weight is 366 g/mol. The molecule has 0 aliphatic rings. The Morgan fingerprint density at radius 2 is 1.85 bits per heavy atom. The number of esters is 1. The first-order valence-corrected chi connectivity index (χ1v) is 8.39. The lowest BCUT2D eigenvalue weighted by Gasteiger charge is -2.25. The Hall–Kier alpha value is -2.64. The van der Waals surface area contributed by atoms with Gasteiger partial charge in [0.1, 0.15) is 11.4 Å². The van der Waals surface area contributed by atoms with Crippen LogP contribution < -0.4 is 5.32 Å². The molecule has 0 spiro atoms. The summed E-state index contributed by atoms with van der Waals surface area (Å²) < 4.78 is 10.1. The molecule has 1 amide bonds. The zero-order chi connectivity index (χ0) is 20.0. The Labute approximate surface area is 152 Å². The summed E-state index contributed by atoms with van der Waals surface area (Å²) in [5.74, 6) is -1.75. The van der Waals surface area contributed by atoms with E-state index in [1.54, 1.807) is 40.7 Å². The van der Waals surface area contributed by atoms with Crippen LogP contribution in [0, 0.1) is 5.41 Å². The van der Waals surface area contributed by atoms with Crippen molar-refractivity contribution >= 4 is 23.8 Å². The molecule has 0 saturated carbocycles. The van der Waals surface area contributed by atoms with Crippen molar-refractivity contribution in [3.05, 3.63) is 23.9 Å². The van der Waals surface area contributed by atoms with Gasteiger partial charge >= 0.3 is 18.0 Å². The lowest BCUT2D eigenvalue weighted by molar-refractivity contribution is -0.168. The number of nitrogens with zero attached hydrogens (tertiary/aromatic N) is 1. The number of anilines is 1. The van der Waals surface area contributed by atoms with Crippen LogP contribution in [0.4, 0.5) is 10.6 Å². The van der Waals surface area contributed by atoms with Gasteiger partial charge in [0.05, 0.1) is 6.61 Å². The van der Waals surface area contributed by atoms with Gasteiger partial charge in [-0.2, -0.15) is 0 Å². The molecule has 1 aromatic rings. The van der Waals surface area contributed by atoms with Crippen molar-refractivity contribution in [3.8, 4) is 0 Å². The minimum Gasteiger partial charge on any atom is -0.480 e. The standard InChI is InChI=1S/C18H26N2O6/c1-6-18(14(21)22,15(23)25-7-2)10-12-8-9-13(19-11-12)20-16(24)26-17(3,4)5/h8-9,11H,6-7,10H2,1-5H3,(H,21,22)(H,19,20,24). The molecule has 1 atom stereocenters. The van der Waals surface area contributed by atoms with Crippen LogP contribution >= 0.6 is 0 Å². The topological polar surface area (TPSA) is 115 Å². The van der Waals surface area contributed by atoms with Crippen molar-refractivity contribution < 1.29 is 29.0 Å². The van der Waals surface area contributed by atoms with Crippen molar-refractivity contribution in [2.24, 2.45) is 5.41 Å². The Kier molecular flexibility index (Phi) is 7.11. The summed E-state index contributed by atoms with van der Waals surface area (Å²) in [5, 5.41) is 12.1. The second-order valence-corrected chi connectivity index (χ2v) is 6.82. The number of aliphatic carboxylic acids is 1. The van der Waals surface area contributed by atoms with Crippen LogP contribution in [0.1, 0.15) is 46.6 Å². The number of rotatable bonds is 7. The van der Waals surface area contributed by atoms with Crippen LogP contribution in [0.3, 0.4) is 0 Å². The number of hydrogen-bond donors (Lipinski definition) is 2. The van der Waals surface area contributed by atoms with E-state index in [1.165, 1.54) is 12.3 Å². The third kappa shape index (κ3) is 5.72. The number of carbonyl (C=O) groups is 3. The lowest BCUT2D eigenvalue weighted by Crippen LogP contribution is -2.42. The summed E-state index contributed by atoms with van der Waals surface area (Å²) in [7, 11) is 0. The van der Waals surface area contributed by atoms with Crippen molar-refractivity contribution in [1.29, 1.82) is 0 Å². The van der Waals surface area contributed by atoms with Crippen LogP contribution in [0.5, 0.6) is 0 Å². The minimum atomic E-state index is -1.67. The number of aromatic nitrogens is 1. The number of carbonyl (C=O) groups excluding carboxylic acids is 2. The molecular formula is C18H26N2O6. The SMILES string of the molecule is CCOC(=O)C(CC)(Cc1ccc(NC(=O)OC(C)(C)C)nc1)C(=O)O. The van der Waals surface area contributed by atoms with Crippen molar-refractivity contribution in [2.75, 3.05) is 11.9 Å². The zero-order valence-electron chi connectivity index (χ0n) is 15.8. The van der Waals surface area contributed by atoms with Crippen LogP contribution in [0.15, 0.2) is 18.3 Å². The highest BCUT2D eigenvalue weighted by Gasteiger charge is 2.46. The van der Waals surface area contributed by atoms with Gasteiger partial charge in [0.2, 0.25) is 0 Å². The van der Waals surface area contributed by atoms with Crippen molar-refractivity contribution in [1.82, 2.24) is 4.98 Å². The molecule has 8 heteroatoms. The zero-order valence-corrected chi connectivity index (χ0v) is 15.8. The fourth-order valence-electron chi connectivity index (χ4n) is 2.28. The van der Waals surface area contributed by atoms with Crippen LogP contribution in [0.25, 0.3) is 0 Å². The third-order valence-corrected chi connectivity index (χ3v) is 3.64. The van der Waals surface area contributed by atoms with Gasteiger partial charge in [-0.25, -0.2) is 9.78 Å². The van der Waals surface area contributed by atoms with Gasteiger partial charge in [0.25, 0.3) is 0 Å². The lowest BCUT2D eigenvalue weighted by atomic mass is 9.79. The van der Waals surface area contributed by atoms with E-state index in [1.807, 2.05) is 0 Å². The predicted molar refractivity (Wildman–Crippen MR) is 94.8 cm³/mol. The van der Waals surface area contributed by atoms with Crippen LogP contribution in [-0.2, 0) is 25.5 Å². The summed E-state index contributed by atoms with van der Waals surface area (Å²) in [4.78, 5) is 39.7. The molecule has 1 aromatic heterocycles. The van der Waals surface area contributed by atoms with Gasteiger partial charge in [-0.15, -0.1) is 0 Å². The first-order chi connectivity index (χ1) is 12.0. The monoisotopic (exact) mass is 366 g/mol.